The molecule has 0 unspecified atom stereocenters. The van der Waals surface area contributed by atoms with E-state index < -0.39 is 0 Å². The molecule has 0 aliphatic carbocycles. The first-order chi connectivity index (χ1) is 14.5. The van der Waals surface area contributed by atoms with Gasteiger partial charge in [-0.15, -0.1) is 0 Å². The van der Waals surface area contributed by atoms with Crippen molar-refractivity contribution in [3.8, 4) is 0 Å². The topological polar surface area (TPSA) is 23.6 Å². The molecule has 0 aromatic heterocycles. The van der Waals surface area contributed by atoms with Gasteiger partial charge in [-0.25, -0.2) is 4.39 Å². The molecule has 1 amide bonds. The number of hydrogen-bond donors (Lipinski definition) is 0. The lowest BCUT2D eigenvalue weighted by Crippen LogP contribution is -2.49. The van der Waals surface area contributed by atoms with Crippen LogP contribution in [0.3, 0.4) is 0 Å². The summed E-state index contributed by atoms with van der Waals surface area (Å²) in [7, 11) is 0. The molecule has 1 aliphatic heterocycles. The molecule has 0 radical (unpaired) electrons. The van der Waals surface area contributed by atoms with Gasteiger partial charge in [0.15, 0.2) is 0 Å². The van der Waals surface area contributed by atoms with Crippen LogP contribution in [0, 0.1) is 5.82 Å². The zero-order valence-electron chi connectivity index (χ0n) is 16.3. The Kier molecular flexibility index (Phi) is 6.38. The number of piperazine rings is 1. The summed E-state index contributed by atoms with van der Waals surface area (Å²) < 4.78 is 13.5. The first-order valence-corrected chi connectivity index (χ1v) is 10.6. The second-order valence-electron chi connectivity index (χ2n) is 7.32. The molecule has 30 heavy (non-hydrogen) atoms. The summed E-state index contributed by atoms with van der Waals surface area (Å²) >= 11 is 12.0. The van der Waals surface area contributed by atoms with Crippen LogP contribution in [0.5, 0.6) is 0 Å². The second-order valence-corrected chi connectivity index (χ2v) is 8.14. The molecule has 4 rings (SSSR count). The Morgan fingerprint density at radius 2 is 1.43 bits per heavy atom. The maximum absolute atomic E-state index is 13.5. The molecule has 6 heteroatoms. The molecule has 3 aromatic carbocycles. The van der Waals surface area contributed by atoms with Crippen LogP contribution < -0.4 is 0 Å². The van der Waals surface area contributed by atoms with E-state index in [1.54, 1.807) is 18.2 Å². The third kappa shape index (κ3) is 4.51. The van der Waals surface area contributed by atoms with E-state index >= 15 is 0 Å². The Bertz CT molecular complexity index is 1020. The lowest BCUT2D eigenvalue weighted by molar-refractivity contribution is 0.0597. The Labute approximate surface area is 185 Å². The second kappa shape index (κ2) is 9.17. The number of carbonyl (C=O) groups is 1. The minimum Gasteiger partial charge on any atom is -0.336 e. The van der Waals surface area contributed by atoms with Gasteiger partial charge in [-0.05, 0) is 41.5 Å². The molecule has 1 atom stereocenters. The summed E-state index contributed by atoms with van der Waals surface area (Å²) in [5, 5.41) is 0.810. The zero-order chi connectivity index (χ0) is 21.1. The van der Waals surface area contributed by atoms with E-state index in [0.29, 0.717) is 41.8 Å². The highest BCUT2D eigenvalue weighted by atomic mass is 35.5. The van der Waals surface area contributed by atoms with Crippen LogP contribution in [0.2, 0.25) is 10.0 Å². The number of halogens is 3. The first-order valence-electron chi connectivity index (χ1n) is 9.82. The monoisotopic (exact) mass is 442 g/mol. The van der Waals surface area contributed by atoms with Gasteiger partial charge in [0.1, 0.15) is 5.82 Å². The molecule has 0 N–H and O–H groups in total. The third-order valence-electron chi connectivity index (χ3n) is 5.43. The molecule has 154 valence electrons. The summed E-state index contributed by atoms with van der Waals surface area (Å²) in [6, 6.07) is 21.8. The highest BCUT2D eigenvalue weighted by Gasteiger charge is 2.28. The number of rotatable bonds is 4. The smallest absolute Gasteiger partial charge is 0.253 e. The van der Waals surface area contributed by atoms with Gasteiger partial charge in [-0.1, -0.05) is 65.7 Å². The SMILES string of the molecule is O=C(c1ccc(Cl)c(Cl)c1)N1CCN([C@H](c2ccccc2)c2ccc(F)cc2)CC1. The zero-order valence-corrected chi connectivity index (χ0v) is 17.8. The number of amides is 1. The highest BCUT2D eigenvalue weighted by molar-refractivity contribution is 6.42. The molecule has 1 aliphatic rings. The van der Waals surface area contributed by atoms with Crippen molar-refractivity contribution in [3.05, 3.63) is 105 Å². The Morgan fingerprint density at radius 3 is 2.07 bits per heavy atom. The molecule has 3 aromatic rings. The Hall–Kier alpha value is -2.40. The van der Waals surface area contributed by atoms with E-state index in [1.807, 2.05) is 35.2 Å². The van der Waals surface area contributed by atoms with Crippen molar-refractivity contribution in [2.45, 2.75) is 6.04 Å². The van der Waals surface area contributed by atoms with Gasteiger partial charge in [0, 0.05) is 31.7 Å². The predicted molar refractivity (Wildman–Crippen MR) is 119 cm³/mol. The first kappa shape index (κ1) is 20.9. The van der Waals surface area contributed by atoms with Crippen molar-refractivity contribution >= 4 is 29.1 Å². The number of nitrogens with zero attached hydrogens (tertiary/aromatic N) is 2. The molecule has 0 bridgehead atoms. The minimum absolute atomic E-state index is 0.00836. The minimum atomic E-state index is -0.248. The number of carbonyl (C=O) groups excluding carboxylic acids is 1. The average molecular weight is 443 g/mol. The summed E-state index contributed by atoms with van der Waals surface area (Å²) in [5.74, 6) is -0.297. The van der Waals surface area contributed by atoms with Gasteiger partial charge < -0.3 is 4.90 Å². The van der Waals surface area contributed by atoms with Crippen LogP contribution in [-0.4, -0.2) is 41.9 Å². The average Bonchev–Trinajstić information content (AvgIpc) is 2.78. The molecule has 0 saturated carbocycles. The van der Waals surface area contributed by atoms with E-state index in [2.05, 4.69) is 17.0 Å². The van der Waals surface area contributed by atoms with Crippen molar-refractivity contribution in [1.82, 2.24) is 9.80 Å². The van der Waals surface area contributed by atoms with E-state index in [1.165, 1.54) is 12.1 Å². The van der Waals surface area contributed by atoms with Gasteiger partial charge in [-0.2, -0.15) is 0 Å². The highest BCUT2D eigenvalue weighted by Crippen LogP contribution is 2.30. The van der Waals surface area contributed by atoms with Crippen molar-refractivity contribution in [3.63, 3.8) is 0 Å². The summed E-state index contributed by atoms with van der Waals surface area (Å²) in [4.78, 5) is 17.1. The number of benzene rings is 3. The Balaban J connectivity index is 1.52. The van der Waals surface area contributed by atoms with Crippen molar-refractivity contribution in [2.24, 2.45) is 0 Å². The molecular formula is C24H21Cl2FN2O. The van der Waals surface area contributed by atoms with Crippen LogP contribution in [0.1, 0.15) is 27.5 Å². The summed E-state index contributed by atoms with van der Waals surface area (Å²) in [6.07, 6.45) is 0. The van der Waals surface area contributed by atoms with Crippen LogP contribution in [0.4, 0.5) is 4.39 Å². The maximum Gasteiger partial charge on any atom is 0.253 e. The maximum atomic E-state index is 13.5. The van der Waals surface area contributed by atoms with Crippen molar-refractivity contribution in [1.29, 1.82) is 0 Å². The van der Waals surface area contributed by atoms with E-state index in [0.717, 1.165) is 11.1 Å². The predicted octanol–water partition coefficient (Wildman–Crippen LogP) is 5.68. The third-order valence-corrected chi connectivity index (χ3v) is 6.17. The molecule has 1 fully saturated rings. The molecular weight excluding hydrogens is 422 g/mol. The van der Waals surface area contributed by atoms with Crippen molar-refractivity contribution < 1.29 is 9.18 Å². The van der Waals surface area contributed by atoms with Crippen molar-refractivity contribution in [2.75, 3.05) is 26.2 Å². The normalized spacial score (nSPS) is 15.8. The molecule has 0 spiro atoms. The summed E-state index contributed by atoms with van der Waals surface area (Å²) in [5.41, 5.74) is 2.72. The fourth-order valence-corrected chi connectivity index (χ4v) is 4.19. The van der Waals surface area contributed by atoms with E-state index in [4.69, 9.17) is 23.2 Å². The fraction of sp³-hybridized carbons (Fsp3) is 0.208. The van der Waals surface area contributed by atoms with E-state index in [-0.39, 0.29) is 17.8 Å². The lowest BCUT2D eigenvalue weighted by Gasteiger charge is -2.39. The van der Waals surface area contributed by atoms with E-state index in [9.17, 15) is 9.18 Å². The fourth-order valence-electron chi connectivity index (χ4n) is 3.89. The summed E-state index contributed by atoms with van der Waals surface area (Å²) in [6.45, 7) is 2.63. The largest absolute Gasteiger partial charge is 0.336 e. The van der Waals surface area contributed by atoms with Crippen LogP contribution in [-0.2, 0) is 0 Å². The lowest BCUT2D eigenvalue weighted by atomic mass is 9.96. The number of hydrogen-bond acceptors (Lipinski definition) is 2. The molecule has 1 heterocycles. The molecule has 1 saturated heterocycles. The van der Waals surface area contributed by atoms with Crippen LogP contribution in [0.25, 0.3) is 0 Å². The van der Waals surface area contributed by atoms with Gasteiger partial charge in [0.05, 0.1) is 16.1 Å². The van der Waals surface area contributed by atoms with Crippen LogP contribution >= 0.6 is 23.2 Å². The Morgan fingerprint density at radius 1 is 0.800 bits per heavy atom. The van der Waals surface area contributed by atoms with Gasteiger partial charge in [0.25, 0.3) is 5.91 Å². The quantitative estimate of drug-likeness (QED) is 0.518. The van der Waals surface area contributed by atoms with Gasteiger partial charge in [0.2, 0.25) is 0 Å². The van der Waals surface area contributed by atoms with Gasteiger partial charge in [-0.3, -0.25) is 9.69 Å². The van der Waals surface area contributed by atoms with Crippen LogP contribution in [0.15, 0.2) is 72.8 Å². The standard InChI is InChI=1S/C24H21Cl2FN2O/c25-21-11-8-19(16-22(21)26)24(30)29-14-12-28(13-15-29)23(17-4-2-1-3-5-17)18-6-9-20(27)10-7-18/h1-11,16,23H,12-15H2/t23-/m1/s1. The van der Waals surface area contributed by atoms with Gasteiger partial charge >= 0.3 is 0 Å². The molecule has 3 nitrogen and oxygen atoms in total.